The van der Waals surface area contributed by atoms with Gasteiger partial charge in [0.1, 0.15) is 5.82 Å². The van der Waals surface area contributed by atoms with Gasteiger partial charge in [0.2, 0.25) is 0 Å². The fourth-order valence-corrected chi connectivity index (χ4v) is 3.36. The molecule has 2 aromatic carbocycles. The number of ether oxygens (including phenoxy) is 1. The average Bonchev–Trinajstić information content (AvgIpc) is 2.71. The van der Waals surface area contributed by atoms with Crippen molar-refractivity contribution in [1.29, 1.82) is 0 Å². The van der Waals surface area contributed by atoms with Gasteiger partial charge >= 0.3 is 0 Å². The van der Waals surface area contributed by atoms with Crippen LogP contribution in [0.3, 0.4) is 0 Å². The molecule has 1 fully saturated rings. The molecule has 0 amide bonds. The van der Waals surface area contributed by atoms with E-state index in [1.54, 1.807) is 19.2 Å². The SMILES string of the molecule is CN=C(NCc1cccc(CN2CCOCC2)c1)N(C)Cc1ccc(F)cc1. The molecule has 0 spiro atoms. The molecule has 1 N–H and O–H groups in total. The van der Waals surface area contributed by atoms with Crippen molar-refractivity contribution >= 4 is 5.96 Å². The number of hydrogen-bond donors (Lipinski definition) is 1. The van der Waals surface area contributed by atoms with Crippen molar-refractivity contribution in [2.75, 3.05) is 40.4 Å². The third kappa shape index (κ3) is 6.04. The first kappa shape index (κ1) is 20.3. The maximum atomic E-state index is 13.1. The topological polar surface area (TPSA) is 40.1 Å². The van der Waals surface area contributed by atoms with Gasteiger partial charge in [-0.05, 0) is 28.8 Å². The lowest BCUT2D eigenvalue weighted by atomic mass is 10.1. The second-order valence-corrected chi connectivity index (χ2v) is 7.09. The van der Waals surface area contributed by atoms with E-state index in [1.807, 2.05) is 11.9 Å². The van der Waals surface area contributed by atoms with Crippen LogP contribution < -0.4 is 5.32 Å². The van der Waals surface area contributed by atoms with Crippen LogP contribution in [0.1, 0.15) is 16.7 Å². The molecular weight excluding hydrogens is 355 g/mol. The Bertz CT molecular complexity index is 772. The first-order valence-corrected chi connectivity index (χ1v) is 9.68. The van der Waals surface area contributed by atoms with Crippen LogP contribution in [-0.4, -0.2) is 56.2 Å². The Morgan fingerprint density at radius 3 is 2.54 bits per heavy atom. The zero-order valence-corrected chi connectivity index (χ0v) is 16.7. The molecule has 2 aromatic rings. The number of morpholine rings is 1. The van der Waals surface area contributed by atoms with E-state index in [1.165, 1.54) is 23.3 Å². The molecule has 0 unspecified atom stereocenters. The predicted octanol–water partition coefficient (Wildman–Crippen LogP) is 2.87. The molecule has 1 aliphatic rings. The largest absolute Gasteiger partial charge is 0.379 e. The Balaban J connectivity index is 1.54. The number of rotatable bonds is 6. The summed E-state index contributed by atoms with van der Waals surface area (Å²) < 4.78 is 18.5. The normalized spacial score (nSPS) is 15.5. The number of aliphatic imine (C=N–C) groups is 1. The molecule has 0 aromatic heterocycles. The first-order valence-electron chi connectivity index (χ1n) is 9.68. The standard InChI is InChI=1S/C22H29FN4O/c1-24-22(26(2)16-18-6-8-21(23)9-7-18)25-15-19-4-3-5-20(14-19)17-27-10-12-28-13-11-27/h3-9,14H,10-13,15-17H2,1-2H3,(H,24,25). The molecular formula is C22H29FN4O. The summed E-state index contributed by atoms with van der Waals surface area (Å²) in [6.45, 7) is 5.94. The van der Waals surface area contributed by atoms with Crippen molar-refractivity contribution in [1.82, 2.24) is 15.1 Å². The van der Waals surface area contributed by atoms with E-state index < -0.39 is 0 Å². The number of halogens is 1. The minimum absolute atomic E-state index is 0.217. The fraction of sp³-hybridized carbons (Fsp3) is 0.409. The summed E-state index contributed by atoms with van der Waals surface area (Å²) in [5, 5.41) is 3.42. The molecule has 28 heavy (non-hydrogen) atoms. The fourth-order valence-electron chi connectivity index (χ4n) is 3.36. The van der Waals surface area contributed by atoms with Crippen molar-refractivity contribution in [2.45, 2.75) is 19.6 Å². The number of benzene rings is 2. The molecule has 6 heteroatoms. The van der Waals surface area contributed by atoms with E-state index in [0.29, 0.717) is 13.1 Å². The van der Waals surface area contributed by atoms with Crippen molar-refractivity contribution in [2.24, 2.45) is 4.99 Å². The number of hydrogen-bond acceptors (Lipinski definition) is 3. The molecule has 0 atom stereocenters. The third-order valence-corrected chi connectivity index (χ3v) is 4.86. The van der Waals surface area contributed by atoms with Crippen molar-refractivity contribution in [3.63, 3.8) is 0 Å². The van der Waals surface area contributed by atoms with Gasteiger partial charge in [0.05, 0.1) is 13.2 Å². The highest BCUT2D eigenvalue weighted by Gasteiger charge is 2.11. The van der Waals surface area contributed by atoms with Crippen LogP contribution in [0.5, 0.6) is 0 Å². The molecule has 3 rings (SSSR count). The molecule has 0 bridgehead atoms. The van der Waals surface area contributed by atoms with Gasteiger partial charge in [0.15, 0.2) is 5.96 Å². The van der Waals surface area contributed by atoms with Gasteiger partial charge in [0, 0.05) is 46.8 Å². The number of nitrogens with one attached hydrogen (secondary N) is 1. The van der Waals surface area contributed by atoms with E-state index >= 15 is 0 Å². The molecule has 0 aliphatic carbocycles. The minimum atomic E-state index is -0.217. The summed E-state index contributed by atoms with van der Waals surface area (Å²) >= 11 is 0. The number of guanidine groups is 1. The highest BCUT2D eigenvalue weighted by atomic mass is 19.1. The number of nitrogens with zero attached hydrogens (tertiary/aromatic N) is 3. The molecule has 0 radical (unpaired) electrons. The second-order valence-electron chi connectivity index (χ2n) is 7.09. The minimum Gasteiger partial charge on any atom is -0.379 e. The van der Waals surface area contributed by atoms with Crippen molar-refractivity contribution in [3.05, 3.63) is 71.0 Å². The molecule has 150 valence electrons. The molecule has 1 saturated heterocycles. The summed E-state index contributed by atoms with van der Waals surface area (Å²) in [5.41, 5.74) is 3.58. The summed E-state index contributed by atoms with van der Waals surface area (Å²) in [7, 11) is 3.76. The monoisotopic (exact) mass is 384 g/mol. The van der Waals surface area contributed by atoms with Crippen LogP contribution in [0, 0.1) is 5.82 Å². The Hall–Kier alpha value is -2.44. The summed E-state index contributed by atoms with van der Waals surface area (Å²) in [4.78, 5) is 8.82. The Labute approximate surface area is 166 Å². The van der Waals surface area contributed by atoms with Crippen molar-refractivity contribution < 1.29 is 9.13 Å². The Kier molecular flexibility index (Phi) is 7.39. The average molecular weight is 384 g/mol. The Morgan fingerprint density at radius 2 is 1.82 bits per heavy atom. The quantitative estimate of drug-likeness (QED) is 0.614. The zero-order valence-electron chi connectivity index (χ0n) is 16.7. The molecule has 1 aliphatic heterocycles. The van der Waals surface area contributed by atoms with Crippen LogP contribution in [0.15, 0.2) is 53.5 Å². The maximum absolute atomic E-state index is 13.1. The van der Waals surface area contributed by atoms with Gasteiger partial charge in [0.25, 0.3) is 0 Å². The van der Waals surface area contributed by atoms with Gasteiger partial charge in [-0.2, -0.15) is 0 Å². The summed E-state index contributed by atoms with van der Waals surface area (Å²) in [6.07, 6.45) is 0. The van der Waals surface area contributed by atoms with Gasteiger partial charge in [-0.15, -0.1) is 0 Å². The van der Waals surface area contributed by atoms with Crippen LogP contribution in [-0.2, 0) is 24.4 Å². The Morgan fingerprint density at radius 1 is 1.11 bits per heavy atom. The molecule has 0 saturated carbocycles. The van der Waals surface area contributed by atoms with Gasteiger partial charge < -0.3 is 15.0 Å². The van der Waals surface area contributed by atoms with Crippen LogP contribution in [0.25, 0.3) is 0 Å². The summed E-state index contributed by atoms with van der Waals surface area (Å²) in [5.74, 6) is 0.591. The highest BCUT2D eigenvalue weighted by Crippen LogP contribution is 2.11. The predicted molar refractivity (Wildman–Crippen MR) is 111 cm³/mol. The van der Waals surface area contributed by atoms with E-state index in [0.717, 1.165) is 44.4 Å². The maximum Gasteiger partial charge on any atom is 0.193 e. The summed E-state index contributed by atoms with van der Waals surface area (Å²) in [6, 6.07) is 15.2. The lowest BCUT2D eigenvalue weighted by molar-refractivity contribution is 0.0342. The van der Waals surface area contributed by atoms with E-state index in [-0.39, 0.29) is 5.82 Å². The van der Waals surface area contributed by atoms with Gasteiger partial charge in [-0.3, -0.25) is 9.89 Å². The second kappa shape index (κ2) is 10.2. The lowest BCUT2D eigenvalue weighted by Crippen LogP contribution is -2.38. The van der Waals surface area contributed by atoms with Gasteiger partial charge in [-0.1, -0.05) is 36.4 Å². The highest BCUT2D eigenvalue weighted by molar-refractivity contribution is 5.79. The molecule has 5 nitrogen and oxygen atoms in total. The smallest absolute Gasteiger partial charge is 0.193 e. The first-order chi connectivity index (χ1) is 13.6. The third-order valence-electron chi connectivity index (χ3n) is 4.86. The van der Waals surface area contributed by atoms with E-state index in [2.05, 4.69) is 39.5 Å². The van der Waals surface area contributed by atoms with Crippen LogP contribution in [0.2, 0.25) is 0 Å². The van der Waals surface area contributed by atoms with E-state index in [4.69, 9.17) is 4.74 Å². The van der Waals surface area contributed by atoms with Gasteiger partial charge in [-0.25, -0.2) is 4.39 Å². The zero-order chi connectivity index (χ0) is 19.8. The van der Waals surface area contributed by atoms with E-state index in [9.17, 15) is 4.39 Å². The molecule has 1 heterocycles. The lowest BCUT2D eigenvalue weighted by Gasteiger charge is -2.26. The van der Waals surface area contributed by atoms with Crippen LogP contribution in [0.4, 0.5) is 4.39 Å². The van der Waals surface area contributed by atoms with Crippen molar-refractivity contribution in [3.8, 4) is 0 Å². The van der Waals surface area contributed by atoms with Crippen LogP contribution >= 0.6 is 0 Å².